The number of aryl methyl sites for hydroxylation is 2. The van der Waals surface area contributed by atoms with Crippen LogP contribution in [0.1, 0.15) is 100 Å². The van der Waals surface area contributed by atoms with Crippen molar-refractivity contribution in [3.05, 3.63) is 117 Å². The van der Waals surface area contributed by atoms with Gasteiger partial charge in [0.05, 0.1) is 34.8 Å². The van der Waals surface area contributed by atoms with Crippen molar-refractivity contribution < 1.29 is 33.9 Å². The molecule has 6 aliphatic rings. The number of anilines is 6. The zero-order chi connectivity index (χ0) is 53.5. The van der Waals surface area contributed by atoms with Gasteiger partial charge < -0.3 is 34.7 Å². The number of hydrogen-bond acceptors (Lipinski definition) is 14. The second-order valence-electron chi connectivity index (χ2n) is 21.8. The van der Waals surface area contributed by atoms with Crippen molar-refractivity contribution in [2.45, 2.75) is 97.5 Å². The van der Waals surface area contributed by atoms with Gasteiger partial charge in [0.1, 0.15) is 17.6 Å². The number of amides is 6. The minimum atomic E-state index is -1.02. The number of aliphatic hydroxyl groups excluding tert-OH is 1. The number of carbonyl (C=O) groups is 6. The van der Waals surface area contributed by atoms with Crippen LogP contribution in [0.25, 0.3) is 11.3 Å². The van der Waals surface area contributed by atoms with E-state index in [2.05, 4.69) is 67.6 Å². The average Bonchev–Trinajstić information content (AvgIpc) is 4.01. The lowest BCUT2D eigenvalue weighted by atomic mass is 9.90. The molecule has 2 atom stereocenters. The van der Waals surface area contributed by atoms with Crippen molar-refractivity contribution in [2.75, 3.05) is 64.6 Å². The minimum absolute atomic E-state index is 0.0136. The summed E-state index contributed by atoms with van der Waals surface area (Å²) in [5.41, 5.74) is 8.20. The van der Waals surface area contributed by atoms with Gasteiger partial charge in [0.2, 0.25) is 17.7 Å². The Balaban J connectivity index is 0.771. The molecule has 394 valence electrons. The van der Waals surface area contributed by atoms with Gasteiger partial charge in [-0.2, -0.15) is 0 Å². The van der Waals surface area contributed by atoms with Crippen LogP contribution in [0.2, 0.25) is 0 Å². The van der Waals surface area contributed by atoms with E-state index >= 15 is 0 Å². The fourth-order valence-electron chi connectivity index (χ4n) is 12.4. The fourth-order valence-corrected chi connectivity index (χ4v) is 12.4. The smallest absolute Gasteiger partial charge is 0.293 e. The number of rotatable bonds is 11. The zero-order valence-electron chi connectivity index (χ0n) is 43.4. The van der Waals surface area contributed by atoms with Gasteiger partial charge in [-0.25, -0.2) is 9.97 Å². The summed E-state index contributed by atoms with van der Waals surface area (Å²) in [6.07, 6.45) is 8.12. The molecule has 3 fully saturated rings. The lowest BCUT2D eigenvalue weighted by molar-refractivity contribution is -0.136. The maximum Gasteiger partial charge on any atom is 0.293 e. The van der Waals surface area contributed by atoms with Crippen LogP contribution in [0.15, 0.2) is 72.3 Å². The SMILES string of the molecule is C=CC(=O)Nc1cc(Nc2nc(-c3ccnc(N4CCn5c(cc6c5CC(C)(C)C6)C4=O)c3CO)cn(C)c2=O)ccc1N1CCN(C2CCN(c3cc4c(cc3C)C(=O)N(C3CCC(=O)NC3=O)C4=O)CC2)C[C@@H]1C. The van der Waals surface area contributed by atoms with Gasteiger partial charge in [0.15, 0.2) is 5.82 Å². The van der Waals surface area contributed by atoms with E-state index < -0.39 is 47.7 Å². The number of benzene rings is 2. The van der Waals surface area contributed by atoms with Gasteiger partial charge in [-0.3, -0.25) is 53.6 Å². The Morgan fingerprint density at radius 2 is 1.66 bits per heavy atom. The average molecular weight is 1030 g/mol. The van der Waals surface area contributed by atoms with E-state index in [1.807, 2.05) is 25.1 Å². The molecule has 1 unspecified atom stereocenters. The number of pyridine rings is 1. The van der Waals surface area contributed by atoms with Crippen molar-refractivity contribution in [3.8, 4) is 11.3 Å². The summed E-state index contributed by atoms with van der Waals surface area (Å²) >= 11 is 0. The molecule has 4 N–H and O–H groups in total. The maximum absolute atomic E-state index is 14.1. The number of aliphatic hydroxyl groups is 1. The Morgan fingerprint density at radius 1 is 0.895 bits per heavy atom. The third kappa shape index (κ3) is 8.81. The molecule has 8 heterocycles. The molecule has 0 bridgehead atoms. The number of nitrogens with one attached hydrogen (secondary N) is 3. The van der Waals surface area contributed by atoms with Crippen LogP contribution >= 0.6 is 0 Å². The highest BCUT2D eigenvalue weighted by Gasteiger charge is 2.46. The van der Waals surface area contributed by atoms with Crippen LogP contribution < -0.4 is 36.2 Å². The molecule has 2 aromatic carbocycles. The summed E-state index contributed by atoms with van der Waals surface area (Å²) in [4.78, 5) is 111. The Labute approximate surface area is 439 Å². The summed E-state index contributed by atoms with van der Waals surface area (Å²) in [6, 6.07) is 12.1. The van der Waals surface area contributed by atoms with E-state index in [-0.39, 0.29) is 47.2 Å². The van der Waals surface area contributed by atoms with Crippen LogP contribution in [-0.4, -0.2) is 127 Å². The maximum atomic E-state index is 14.1. The number of fused-ring (bicyclic) bond motifs is 4. The van der Waals surface area contributed by atoms with Gasteiger partial charge in [-0.15, -0.1) is 0 Å². The van der Waals surface area contributed by atoms with E-state index in [4.69, 9.17) is 4.98 Å². The summed E-state index contributed by atoms with van der Waals surface area (Å²) in [5.74, 6) is -2.31. The predicted molar refractivity (Wildman–Crippen MR) is 286 cm³/mol. The van der Waals surface area contributed by atoms with Gasteiger partial charge >= 0.3 is 0 Å². The standard InChI is InChI=1S/C56H62N12O8/c1-7-47(70)59-40-24-34(58-49-55(76)62(6)29-41(60-49)36-12-15-57-50(39(36)30-69)67-21-20-66-45(54(67)75)23-33-26-56(4,5)27-46(33)66)8-9-42(40)65-19-18-64(28-32(65)3)35-13-16-63(17-14-35)44-25-38-37(22-31(44)2)52(73)68(53(38)74)43-10-11-48(71)61-51(43)72/h7-9,12,15,22-25,29,32,35,43,69H,1,10-11,13-14,16-21,26-28,30H2,2-6H3,(H,58,60)(H,59,70)(H,61,71,72)/t32-,43?/m0/s1. The fraction of sp³-hybridized carbons (Fsp3) is 0.411. The molecule has 3 saturated heterocycles. The minimum Gasteiger partial charge on any atom is -0.392 e. The molecule has 0 saturated carbocycles. The molecule has 5 aromatic rings. The summed E-state index contributed by atoms with van der Waals surface area (Å²) in [6.45, 7) is 16.5. The van der Waals surface area contributed by atoms with Crippen LogP contribution in [0.5, 0.6) is 0 Å². The van der Waals surface area contributed by atoms with Crippen molar-refractivity contribution >= 4 is 69.8 Å². The van der Waals surface area contributed by atoms with E-state index in [1.165, 1.54) is 21.9 Å². The normalized spacial score (nSPS) is 20.7. The number of aromatic nitrogens is 4. The Kier molecular flexibility index (Phi) is 12.8. The van der Waals surface area contributed by atoms with Crippen molar-refractivity contribution in [1.29, 1.82) is 0 Å². The number of carbonyl (C=O) groups excluding carboxylic acids is 6. The second-order valence-corrected chi connectivity index (χ2v) is 21.8. The monoisotopic (exact) mass is 1030 g/mol. The molecule has 76 heavy (non-hydrogen) atoms. The van der Waals surface area contributed by atoms with Crippen LogP contribution in [0.3, 0.4) is 0 Å². The lowest BCUT2D eigenvalue weighted by Crippen LogP contribution is -2.57. The summed E-state index contributed by atoms with van der Waals surface area (Å²) in [7, 11) is 1.62. The molecule has 0 spiro atoms. The largest absolute Gasteiger partial charge is 0.392 e. The molecule has 11 rings (SSSR count). The molecule has 3 aromatic heterocycles. The van der Waals surface area contributed by atoms with Gasteiger partial charge in [0.25, 0.3) is 23.3 Å². The van der Waals surface area contributed by atoms with Crippen molar-refractivity contribution in [3.63, 3.8) is 0 Å². The highest BCUT2D eigenvalue weighted by molar-refractivity contribution is 6.24. The predicted octanol–water partition coefficient (Wildman–Crippen LogP) is 4.68. The van der Waals surface area contributed by atoms with Crippen LogP contribution in [-0.2, 0) is 47.4 Å². The molecule has 20 heteroatoms. The van der Waals surface area contributed by atoms with E-state index in [0.29, 0.717) is 65.4 Å². The molecule has 5 aliphatic heterocycles. The lowest BCUT2D eigenvalue weighted by Gasteiger charge is -2.47. The number of piperidine rings is 2. The number of imide groups is 2. The highest BCUT2D eigenvalue weighted by Crippen LogP contribution is 2.41. The van der Waals surface area contributed by atoms with Crippen molar-refractivity contribution in [2.24, 2.45) is 12.5 Å². The quantitative estimate of drug-likeness (QED) is 0.104. The van der Waals surface area contributed by atoms with Crippen LogP contribution in [0.4, 0.5) is 34.4 Å². The Bertz CT molecular complexity index is 3370. The molecule has 1 aliphatic carbocycles. The first-order valence-electron chi connectivity index (χ1n) is 26.1. The van der Waals surface area contributed by atoms with E-state index in [0.717, 1.165) is 73.7 Å². The van der Waals surface area contributed by atoms with Gasteiger partial charge in [0, 0.05) is 112 Å². The number of piperazine rings is 1. The molecular formula is C56H62N12O8. The highest BCUT2D eigenvalue weighted by atomic mass is 16.3. The van der Waals surface area contributed by atoms with Gasteiger partial charge in [-0.05, 0) is 111 Å². The number of hydrogen-bond donors (Lipinski definition) is 4. The van der Waals surface area contributed by atoms with E-state index in [9.17, 15) is 38.7 Å². The Morgan fingerprint density at radius 3 is 2.38 bits per heavy atom. The molecule has 6 amide bonds. The number of nitrogens with zero attached hydrogens (tertiary/aromatic N) is 9. The zero-order valence-corrected chi connectivity index (χ0v) is 43.4. The van der Waals surface area contributed by atoms with Gasteiger partial charge in [-0.1, -0.05) is 20.4 Å². The summed E-state index contributed by atoms with van der Waals surface area (Å²) < 4.78 is 3.54. The Hall–Kier alpha value is -7.97. The van der Waals surface area contributed by atoms with Crippen LogP contribution in [0, 0.1) is 12.3 Å². The first kappa shape index (κ1) is 50.2. The molecule has 0 radical (unpaired) electrons. The third-order valence-corrected chi connectivity index (χ3v) is 16.2. The molecular weight excluding hydrogens is 969 g/mol. The van der Waals surface area contributed by atoms with Crippen molar-refractivity contribution in [1.82, 2.24) is 34.2 Å². The van der Waals surface area contributed by atoms with E-state index in [1.54, 1.807) is 48.6 Å². The topological polar surface area (TPSA) is 228 Å². The first-order valence-corrected chi connectivity index (χ1v) is 26.1. The first-order chi connectivity index (χ1) is 36.4. The molecule has 20 nitrogen and oxygen atoms in total. The third-order valence-electron chi connectivity index (χ3n) is 16.2. The summed E-state index contributed by atoms with van der Waals surface area (Å²) in [5, 5.41) is 19.3. The second kappa shape index (κ2) is 19.3.